The van der Waals surface area contributed by atoms with Crippen LogP contribution in [0, 0.1) is 52.5 Å². The third kappa shape index (κ3) is 5.49. The van der Waals surface area contributed by atoms with Crippen LogP contribution >= 0.6 is 0 Å². The fourth-order valence-electron chi connectivity index (χ4n) is 5.50. The van der Waals surface area contributed by atoms with E-state index in [1.54, 1.807) is 6.07 Å². The summed E-state index contributed by atoms with van der Waals surface area (Å²) in [6, 6.07) is 9.48. The van der Waals surface area contributed by atoms with Gasteiger partial charge in [-0.15, -0.1) is 0 Å². The van der Waals surface area contributed by atoms with Crippen molar-refractivity contribution >= 4 is 21.5 Å². The second-order valence-electron chi connectivity index (χ2n) is 10.2. The maximum absolute atomic E-state index is 13.7. The summed E-state index contributed by atoms with van der Waals surface area (Å²) < 4.78 is 123. The predicted molar refractivity (Wildman–Crippen MR) is 146 cm³/mol. The van der Waals surface area contributed by atoms with E-state index in [9.17, 15) is 60.6 Å². The number of fused-ring (bicyclic) bond motifs is 2. The smallest absolute Gasteiger partial charge is 0.192 e. The molecule has 5 aromatic carbocycles. The molecule has 0 fully saturated rings. The lowest BCUT2D eigenvalue weighted by atomic mass is 9.97. The monoisotopic (exact) mass is 650 g/mol. The molecule has 0 aliphatic rings. The highest BCUT2D eigenvalue weighted by Crippen LogP contribution is 2.41. The van der Waals surface area contributed by atoms with E-state index in [0.29, 0.717) is 12.1 Å². The van der Waals surface area contributed by atoms with Gasteiger partial charge in [-0.25, -0.2) is 0 Å². The molecule has 5 aromatic rings. The molecule has 232 valence electrons. The lowest BCUT2D eigenvalue weighted by Crippen LogP contribution is -2.12. The molecule has 0 saturated carbocycles. The molecule has 0 radical (unpaired) electrons. The molecule has 15 heteroatoms. The summed E-state index contributed by atoms with van der Waals surface area (Å²) in [5.74, 6) is 0. The maximum Gasteiger partial charge on any atom is 0.416 e. The van der Waals surface area contributed by atoms with E-state index < -0.39 is 57.3 Å². The van der Waals surface area contributed by atoms with Crippen LogP contribution in [-0.4, -0.2) is 0 Å². The molecule has 0 atom stereocenters. The van der Waals surface area contributed by atoms with Gasteiger partial charge in [0.1, 0.15) is 12.1 Å². The average molecular weight is 650 g/mol. The highest BCUT2D eigenvalue weighted by Gasteiger charge is 2.38. The summed E-state index contributed by atoms with van der Waals surface area (Å²) in [5.41, 5.74) is -6.66. The first-order chi connectivity index (χ1) is 21.9. The molecule has 0 N–H and O–H groups in total. The molecule has 0 unspecified atom stereocenters. The van der Waals surface area contributed by atoms with E-state index in [4.69, 9.17) is 0 Å². The van der Waals surface area contributed by atoms with Crippen LogP contribution < -0.4 is 10.7 Å². The van der Waals surface area contributed by atoms with Crippen molar-refractivity contribution in [2.24, 2.45) is 9.98 Å². The number of nitriles is 4. The molecule has 0 aliphatic heterocycles. The van der Waals surface area contributed by atoms with Crippen molar-refractivity contribution in [3.8, 4) is 46.8 Å². The molecule has 47 heavy (non-hydrogen) atoms. The second-order valence-corrected chi connectivity index (χ2v) is 10.2. The number of halogens is 9. The van der Waals surface area contributed by atoms with Gasteiger partial charge in [-0.1, -0.05) is 6.07 Å². The van der Waals surface area contributed by atoms with Crippen molar-refractivity contribution in [2.75, 3.05) is 0 Å². The minimum Gasteiger partial charge on any atom is -0.192 e. The van der Waals surface area contributed by atoms with E-state index in [-0.39, 0.29) is 55.2 Å². The zero-order chi connectivity index (χ0) is 34.6. The zero-order valence-electron chi connectivity index (χ0n) is 23.2. The minimum absolute atomic E-state index is 0.0453. The zero-order valence-corrected chi connectivity index (χ0v) is 23.2. The van der Waals surface area contributed by atoms with Gasteiger partial charge in [-0.3, -0.25) is 0 Å². The lowest BCUT2D eigenvalue weighted by molar-refractivity contribution is -0.143. The summed E-state index contributed by atoms with van der Waals surface area (Å²) in [5, 5.41) is 38.0. The van der Waals surface area contributed by atoms with E-state index in [1.165, 1.54) is 37.5 Å². The van der Waals surface area contributed by atoms with Crippen LogP contribution in [0.2, 0.25) is 0 Å². The quantitative estimate of drug-likeness (QED) is 0.142. The number of benzene rings is 3. The molecule has 6 nitrogen and oxygen atoms in total. The normalized spacial score (nSPS) is 13.1. The molecular weight excluding hydrogens is 639 g/mol. The van der Waals surface area contributed by atoms with Gasteiger partial charge in [-0.05, 0) is 66.1 Å². The van der Waals surface area contributed by atoms with Gasteiger partial charge in [0.2, 0.25) is 12.4 Å². The van der Waals surface area contributed by atoms with Crippen LogP contribution in [-0.2, 0) is 18.5 Å². The fourth-order valence-corrected chi connectivity index (χ4v) is 5.50. The van der Waals surface area contributed by atoms with Gasteiger partial charge in [-0.2, -0.15) is 70.5 Å². The fraction of sp³-hybridized carbons (Fsp3) is 0.125. The largest absolute Gasteiger partial charge is 0.416 e. The van der Waals surface area contributed by atoms with Crippen LogP contribution in [0.3, 0.4) is 0 Å². The Balaban J connectivity index is 1.98. The topological polar surface area (TPSA) is 120 Å². The van der Waals surface area contributed by atoms with Crippen molar-refractivity contribution in [2.45, 2.75) is 25.5 Å². The Morgan fingerprint density at radius 1 is 0.489 bits per heavy atom. The standard InChI is InChI=1S/C32H11F9N6/c1-14-2-15(4-17(3-14)30(33,34)35)26-24(10-42)20-8-21-23(9-22(20)28(26)46-12-44)29(47-13-45)27(25(21)11-43)16-5-18(31(36,37)38)7-19(6-16)32(39,40)41/h2-9H,1H3/b46-28+,47-29+. The first-order valence-electron chi connectivity index (χ1n) is 12.9. The number of hydrogen-bond donors (Lipinski definition) is 0. The van der Waals surface area contributed by atoms with Gasteiger partial charge in [0.15, 0.2) is 0 Å². The SMILES string of the molecule is Cc1cc(-c2c(C#N)c3cc4c(C#N)c(-c5cc(C(F)(F)F)cc(C(F)(F)F)c5)/c(=N/C#N)c4cc3/c2=N\C#N)cc(C(F)(F)F)c1. The van der Waals surface area contributed by atoms with E-state index in [1.807, 2.05) is 6.07 Å². The Morgan fingerprint density at radius 2 is 0.851 bits per heavy atom. The molecule has 0 amide bonds. The highest BCUT2D eigenvalue weighted by atomic mass is 19.4. The summed E-state index contributed by atoms with van der Waals surface area (Å²) in [7, 11) is 0. The minimum atomic E-state index is -5.24. The Bertz CT molecular complexity index is 2400. The molecule has 0 aromatic heterocycles. The Labute approximate surface area is 257 Å². The Hall–Kier alpha value is -6.19. The molecule has 0 bridgehead atoms. The Kier molecular flexibility index (Phi) is 7.54. The van der Waals surface area contributed by atoms with Gasteiger partial charge >= 0.3 is 18.5 Å². The lowest BCUT2D eigenvalue weighted by Gasteiger charge is -2.14. The van der Waals surface area contributed by atoms with Crippen molar-refractivity contribution in [3.05, 3.63) is 92.6 Å². The number of hydrogen-bond acceptors (Lipinski definition) is 6. The van der Waals surface area contributed by atoms with Crippen molar-refractivity contribution < 1.29 is 39.5 Å². The van der Waals surface area contributed by atoms with Gasteiger partial charge in [0.05, 0.1) is 38.5 Å². The number of rotatable bonds is 2. The van der Waals surface area contributed by atoms with Gasteiger partial charge < -0.3 is 0 Å². The van der Waals surface area contributed by atoms with E-state index in [2.05, 4.69) is 9.98 Å². The van der Waals surface area contributed by atoms with Crippen LogP contribution in [0.15, 0.2) is 58.5 Å². The number of aryl methyl sites for hydroxylation is 1. The summed E-state index contributed by atoms with van der Waals surface area (Å²) >= 11 is 0. The average Bonchev–Trinajstić information content (AvgIpc) is 3.45. The molecule has 5 rings (SSSR count). The van der Waals surface area contributed by atoms with Crippen molar-refractivity contribution in [3.63, 3.8) is 0 Å². The third-order valence-corrected chi connectivity index (χ3v) is 7.30. The number of alkyl halides is 9. The second kappa shape index (κ2) is 11.0. The van der Waals surface area contributed by atoms with Crippen LogP contribution in [0.1, 0.15) is 33.4 Å². The van der Waals surface area contributed by atoms with E-state index in [0.717, 1.165) is 12.1 Å². The van der Waals surface area contributed by atoms with Crippen molar-refractivity contribution in [1.29, 1.82) is 21.0 Å². The first-order valence-corrected chi connectivity index (χ1v) is 12.9. The highest BCUT2D eigenvalue weighted by molar-refractivity contribution is 6.10. The maximum atomic E-state index is 13.7. The molecule has 0 aliphatic carbocycles. The molecular formula is C32H11F9N6. The molecule has 0 spiro atoms. The van der Waals surface area contributed by atoms with Crippen molar-refractivity contribution in [1.82, 2.24) is 0 Å². The summed E-state index contributed by atoms with van der Waals surface area (Å²) in [6.45, 7) is 1.37. The van der Waals surface area contributed by atoms with Crippen LogP contribution in [0.5, 0.6) is 0 Å². The predicted octanol–water partition coefficient (Wildman–Crippen LogP) is 8.07. The molecule has 0 heterocycles. The Morgan fingerprint density at radius 3 is 1.21 bits per heavy atom. The van der Waals surface area contributed by atoms with Crippen LogP contribution in [0.25, 0.3) is 43.8 Å². The summed E-state index contributed by atoms with van der Waals surface area (Å²) in [4.78, 5) is 7.34. The summed E-state index contributed by atoms with van der Waals surface area (Å²) in [6.07, 6.45) is -12.3. The number of nitrogens with zero attached hydrogens (tertiary/aromatic N) is 6. The molecule has 0 saturated heterocycles. The van der Waals surface area contributed by atoms with E-state index >= 15 is 0 Å². The van der Waals surface area contributed by atoms with Gasteiger partial charge in [0.25, 0.3) is 0 Å². The first kappa shape index (κ1) is 32.2. The van der Waals surface area contributed by atoms with Crippen LogP contribution in [0.4, 0.5) is 39.5 Å². The third-order valence-electron chi connectivity index (χ3n) is 7.30. The van der Waals surface area contributed by atoms with Gasteiger partial charge in [0, 0.05) is 32.7 Å².